The van der Waals surface area contributed by atoms with Crippen LogP contribution in [-0.2, 0) is 0 Å². The van der Waals surface area contributed by atoms with Crippen molar-refractivity contribution >= 4 is 18.4 Å². The van der Waals surface area contributed by atoms with Crippen LogP contribution in [0.2, 0.25) is 0 Å². The zero-order valence-electron chi connectivity index (χ0n) is 9.93. The molecule has 0 amide bonds. The maximum absolute atomic E-state index is 4.32. The zero-order valence-corrected chi connectivity index (χ0v) is 9.93. The van der Waals surface area contributed by atoms with Gasteiger partial charge in [-0.05, 0) is 6.07 Å². The lowest BCUT2D eigenvalue weighted by atomic mass is 10.1. The molecule has 5 nitrogen and oxygen atoms in total. The van der Waals surface area contributed by atoms with Gasteiger partial charge in [-0.1, -0.05) is 17.2 Å². The van der Waals surface area contributed by atoms with Crippen LogP contribution < -0.4 is 4.59 Å². The van der Waals surface area contributed by atoms with E-state index in [1.807, 2.05) is 31.3 Å². The van der Waals surface area contributed by atoms with E-state index in [0.717, 1.165) is 11.3 Å². The van der Waals surface area contributed by atoms with Crippen LogP contribution in [0.5, 0.6) is 0 Å². The molecule has 1 aliphatic heterocycles. The van der Waals surface area contributed by atoms with E-state index in [2.05, 4.69) is 20.1 Å². The molecule has 18 heavy (non-hydrogen) atoms. The summed E-state index contributed by atoms with van der Waals surface area (Å²) in [6, 6.07) is 9.82. The van der Waals surface area contributed by atoms with Crippen molar-refractivity contribution in [1.82, 2.24) is 14.6 Å². The molecule has 0 bridgehead atoms. The molecule has 1 aliphatic rings. The molecule has 0 radical (unpaired) electrons. The van der Waals surface area contributed by atoms with Crippen LogP contribution in [0.15, 0.2) is 52.8 Å². The SMILES string of the molecule is C[N+]1(c2cccc(-c3ncccn3)c2)C=NC=N1. The smallest absolute Gasteiger partial charge is 0.223 e. The minimum absolute atomic E-state index is 0.320. The lowest BCUT2D eigenvalue weighted by Crippen LogP contribution is -2.35. The summed E-state index contributed by atoms with van der Waals surface area (Å²) in [5, 5.41) is 4.32. The number of aromatic nitrogens is 2. The summed E-state index contributed by atoms with van der Waals surface area (Å²) >= 11 is 0. The van der Waals surface area contributed by atoms with Crippen molar-refractivity contribution in [2.45, 2.75) is 0 Å². The van der Waals surface area contributed by atoms with Crippen molar-refractivity contribution in [2.24, 2.45) is 10.1 Å². The van der Waals surface area contributed by atoms with Crippen LogP contribution in [0.1, 0.15) is 0 Å². The van der Waals surface area contributed by atoms with Crippen LogP contribution in [0.25, 0.3) is 11.4 Å². The van der Waals surface area contributed by atoms with E-state index < -0.39 is 0 Å². The predicted molar refractivity (Wildman–Crippen MR) is 72.2 cm³/mol. The molecule has 1 aromatic heterocycles. The average Bonchev–Trinajstić information content (AvgIpc) is 2.88. The second-order valence-electron chi connectivity index (χ2n) is 4.14. The maximum Gasteiger partial charge on any atom is 0.223 e. The Kier molecular flexibility index (Phi) is 2.46. The molecule has 0 saturated heterocycles. The van der Waals surface area contributed by atoms with E-state index in [4.69, 9.17) is 0 Å². The van der Waals surface area contributed by atoms with Gasteiger partial charge in [0.05, 0.1) is 0 Å². The maximum atomic E-state index is 4.32. The topological polar surface area (TPSA) is 50.5 Å². The van der Waals surface area contributed by atoms with Crippen molar-refractivity contribution in [3.63, 3.8) is 0 Å². The Balaban J connectivity index is 2.05. The van der Waals surface area contributed by atoms with Gasteiger partial charge in [0.15, 0.2) is 17.9 Å². The summed E-state index contributed by atoms with van der Waals surface area (Å²) in [5.41, 5.74) is 2.00. The Bertz CT molecular complexity index is 606. The van der Waals surface area contributed by atoms with E-state index in [1.54, 1.807) is 31.1 Å². The standard InChI is InChI=1S/C13H12N5/c1-18(10-14-9-17-18)12-5-2-4-11(8-12)13-15-6-3-7-16-13/h2-10H,1H3/q+1. The fourth-order valence-electron chi connectivity index (χ4n) is 1.83. The molecule has 0 saturated carbocycles. The molecule has 0 N–H and O–H groups in total. The first-order chi connectivity index (χ1) is 8.78. The zero-order chi connectivity index (χ0) is 12.4. The van der Waals surface area contributed by atoms with Crippen molar-refractivity contribution in [1.29, 1.82) is 0 Å². The van der Waals surface area contributed by atoms with Crippen LogP contribution in [0.4, 0.5) is 5.69 Å². The highest BCUT2D eigenvalue weighted by atomic mass is 15.6. The van der Waals surface area contributed by atoms with E-state index in [0.29, 0.717) is 10.4 Å². The fraction of sp³-hybridized carbons (Fsp3) is 0.0769. The number of benzene rings is 1. The highest BCUT2D eigenvalue weighted by Gasteiger charge is 2.26. The Morgan fingerprint density at radius 3 is 2.61 bits per heavy atom. The number of rotatable bonds is 2. The minimum Gasteiger partial charge on any atom is -0.237 e. The van der Waals surface area contributed by atoms with Gasteiger partial charge in [-0.2, -0.15) is 4.99 Å². The van der Waals surface area contributed by atoms with Crippen LogP contribution in [0.3, 0.4) is 0 Å². The second-order valence-corrected chi connectivity index (χ2v) is 4.14. The summed E-state index contributed by atoms with van der Waals surface area (Å²) in [6.07, 6.45) is 6.82. The highest BCUT2D eigenvalue weighted by Crippen LogP contribution is 2.26. The highest BCUT2D eigenvalue weighted by molar-refractivity contribution is 5.85. The van der Waals surface area contributed by atoms with Crippen molar-refractivity contribution in [3.05, 3.63) is 42.7 Å². The van der Waals surface area contributed by atoms with Crippen molar-refractivity contribution in [3.8, 4) is 11.4 Å². The van der Waals surface area contributed by atoms with Gasteiger partial charge in [-0.3, -0.25) is 0 Å². The fourth-order valence-corrected chi connectivity index (χ4v) is 1.83. The van der Waals surface area contributed by atoms with E-state index >= 15 is 0 Å². The molecule has 88 valence electrons. The third-order valence-electron chi connectivity index (χ3n) is 2.84. The number of hydrogen-bond donors (Lipinski definition) is 0. The lowest BCUT2D eigenvalue weighted by molar-refractivity contribution is 0.552. The first-order valence-corrected chi connectivity index (χ1v) is 5.61. The molecule has 2 heterocycles. The first kappa shape index (κ1) is 10.7. The molecule has 0 fully saturated rings. The Morgan fingerprint density at radius 2 is 1.89 bits per heavy atom. The molecule has 2 aromatic rings. The van der Waals surface area contributed by atoms with Gasteiger partial charge < -0.3 is 0 Å². The Morgan fingerprint density at radius 1 is 1.06 bits per heavy atom. The van der Waals surface area contributed by atoms with Gasteiger partial charge in [-0.25, -0.2) is 9.97 Å². The number of nitrogens with zero attached hydrogens (tertiary/aromatic N) is 5. The molecule has 1 aromatic carbocycles. The summed E-state index contributed by atoms with van der Waals surface area (Å²) < 4.78 is 0.320. The van der Waals surface area contributed by atoms with Crippen LogP contribution >= 0.6 is 0 Å². The van der Waals surface area contributed by atoms with E-state index in [-0.39, 0.29) is 0 Å². The Hall–Kier alpha value is -2.40. The van der Waals surface area contributed by atoms with Crippen LogP contribution in [0, 0.1) is 0 Å². The first-order valence-electron chi connectivity index (χ1n) is 5.61. The third kappa shape index (κ3) is 1.80. The predicted octanol–water partition coefficient (Wildman–Crippen LogP) is 2.07. The minimum atomic E-state index is 0.320. The van der Waals surface area contributed by atoms with Gasteiger partial charge in [-0.15, -0.1) is 4.59 Å². The molecule has 1 atom stereocenters. The molecule has 3 rings (SSSR count). The van der Waals surface area contributed by atoms with Crippen molar-refractivity contribution < 1.29 is 0 Å². The number of quaternary nitrogens is 1. The number of aliphatic imine (C=N–C) groups is 1. The second kappa shape index (κ2) is 4.12. The van der Waals surface area contributed by atoms with Gasteiger partial charge in [0.1, 0.15) is 7.05 Å². The van der Waals surface area contributed by atoms with Crippen LogP contribution in [-0.4, -0.2) is 29.7 Å². The Labute approximate surface area is 105 Å². The molecule has 1 unspecified atom stereocenters. The third-order valence-corrected chi connectivity index (χ3v) is 2.84. The van der Waals surface area contributed by atoms with Crippen molar-refractivity contribution in [2.75, 3.05) is 7.05 Å². The summed E-state index contributed by atoms with van der Waals surface area (Å²) in [7, 11) is 1.97. The largest absolute Gasteiger partial charge is 0.237 e. The summed E-state index contributed by atoms with van der Waals surface area (Å²) in [4.78, 5) is 12.5. The molecular formula is C13H12N5+. The average molecular weight is 238 g/mol. The van der Waals surface area contributed by atoms with Gasteiger partial charge in [0.25, 0.3) is 0 Å². The van der Waals surface area contributed by atoms with Gasteiger partial charge >= 0.3 is 0 Å². The van der Waals surface area contributed by atoms with E-state index in [9.17, 15) is 0 Å². The van der Waals surface area contributed by atoms with Gasteiger partial charge in [0, 0.05) is 30.1 Å². The number of hydrogen-bond acceptors (Lipinski definition) is 4. The summed E-state index contributed by atoms with van der Waals surface area (Å²) in [6.45, 7) is 0. The summed E-state index contributed by atoms with van der Waals surface area (Å²) in [5.74, 6) is 0.714. The molecular weight excluding hydrogens is 226 g/mol. The van der Waals surface area contributed by atoms with E-state index in [1.165, 1.54) is 0 Å². The quantitative estimate of drug-likeness (QED) is 0.752. The van der Waals surface area contributed by atoms with Gasteiger partial charge in [0.2, 0.25) is 6.34 Å². The monoisotopic (exact) mass is 238 g/mol. The molecule has 0 spiro atoms. The normalized spacial score (nSPS) is 21.4. The molecule has 5 heteroatoms. The molecule has 0 aliphatic carbocycles. The lowest BCUT2D eigenvalue weighted by Gasteiger charge is -2.18.